The van der Waals surface area contributed by atoms with E-state index in [1.807, 2.05) is 0 Å². The molecule has 5 heteroatoms. The van der Waals surface area contributed by atoms with E-state index in [0.717, 1.165) is 54.8 Å². The summed E-state index contributed by atoms with van der Waals surface area (Å²) in [5.41, 5.74) is 10.8. The number of rotatable bonds is 6. The first kappa shape index (κ1) is 25.7. The van der Waals surface area contributed by atoms with Gasteiger partial charge in [-0.05, 0) is 110 Å². The van der Waals surface area contributed by atoms with Crippen LogP contribution in [0.4, 0.5) is 0 Å². The maximum absolute atomic E-state index is 6.70. The molecule has 0 aromatic heterocycles. The van der Waals surface area contributed by atoms with Gasteiger partial charge in [0.15, 0.2) is 5.11 Å². The molecule has 4 rings (SSSR count). The van der Waals surface area contributed by atoms with Gasteiger partial charge < -0.3 is 5.73 Å². The van der Waals surface area contributed by atoms with E-state index in [1.165, 1.54) is 57.1 Å². The number of nitrogens with two attached hydrogens (primary N) is 1. The molecular formula is C28H48ClN3S. The lowest BCUT2D eigenvalue weighted by atomic mass is 9.44. The fourth-order valence-corrected chi connectivity index (χ4v) is 9.63. The van der Waals surface area contributed by atoms with E-state index in [2.05, 4.69) is 40.0 Å². The predicted molar refractivity (Wildman–Crippen MR) is 145 cm³/mol. The summed E-state index contributed by atoms with van der Waals surface area (Å²) in [6.07, 6.45) is 14.4. The molecule has 0 aliphatic heterocycles. The van der Waals surface area contributed by atoms with Crippen LogP contribution in [0.15, 0.2) is 5.10 Å². The zero-order chi connectivity index (χ0) is 24.0. The molecule has 0 heterocycles. The van der Waals surface area contributed by atoms with E-state index in [-0.39, 0.29) is 10.5 Å². The molecule has 0 aromatic rings. The second kappa shape index (κ2) is 9.96. The third kappa shape index (κ3) is 4.86. The molecule has 0 radical (unpaired) electrons. The van der Waals surface area contributed by atoms with Crippen molar-refractivity contribution in [2.75, 3.05) is 0 Å². The zero-order valence-electron chi connectivity index (χ0n) is 21.7. The lowest BCUT2D eigenvalue weighted by Gasteiger charge is -2.61. The molecule has 0 unspecified atom stereocenters. The van der Waals surface area contributed by atoms with Crippen molar-refractivity contribution in [1.82, 2.24) is 5.43 Å². The van der Waals surface area contributed by atoms with E-state index in [1.54, 1.807) is 0 Å². The van der Waals surface area contributed by atoms with E-state index >= 15 is 0 Å². The Kier molecular flexibility index (Phi) is 7.76. The van der Waals surface area contributed by atoms with Gasteiger partial charge in [-0.15, -0.1) is 11.6 Å². The van der Waals surface area contributed by atoms with Crippen LogP contribution in [0.1, 0.15) is 105 Å². The minimum absolute atomic E-state index is 0.269. The van der Waals surface area contributed by atoms with E-state index in [4.69, 9.17) is 34.7 Å². The monoisotopic (exact) mass is 493 g/mol. The summed E-state index contributed by atoms with van der Waals surface area (Å²) >= 11 is 11.8. The fraction of sp³-hybridized carbons (Fsp3) is 0.929. The SMILES string of the molecule is CC(C)CCC[C@@H](C)[C@H]1CC[C@H]2[C@@H]3C/C(=N\NC(N)=S)[C@H]4C[C@@H](Cl)CC[C@]4(C)[C@H]3CC[C@]12C. The van der Waals surface area contributed by atoms with Crippen LogP contribution in [0.5, 0.6) is 0 Å². The highest BCUT2D eigenvalue weighted by Gasteiger charge is 2.61. The largest absolute Gasteiger partial charge is 0.375 e. The van der Waals surface area contributed by atoms with E-state index in [9.17, 15) is 0 Å². The fourth-order valence-electron chi connectivity index (χ4n) is 9.29. The van der Waals surface area contributed by atoms with Gasteiger partial charge in [0.1, 0.15) is 0 Å². The van der Waals surface area contributed by atoms with Crippen LogP contribution >= 0.6 is 23.8 Å². The van der Waals surface area contributed by atoms with Crippen LogP contribution in [0.3, 0.4) is 0 Å². The van der Waals surface area contributed by atoms with Gasteiger partial charge in [-0.2, -0.15) is 5.10 Å². The van der Waals surface area contributed by atoms with Crippen molar-refractivity contribution in [1.29, 1.82) is 0 Å². The third-order valence-electron chi connectivity index (χ3n) is 10.9. The highest BCUT2D eigenvalue weighted by molar-refractivity contribution is 7.80. The second-order valence-corrected chi connectivity index (χ2v) is 14.2. The van der Waals surface area contributed by atoms with Crippen molar-refractivity contribution in [3.63, 3.8) is 0 Å². The zero-order valence-corrected chi connectivity index (χ0v) is 23.3. The molecule has 4 aliphatic carbocycles. The Balaban J connectivity index is 1.57. The maximum Gasteiger partial charge on any atom is 0.184 e. The molecule has 3 nitrogen and oxygen atoms in total. The lowest BCUT2D eigenvalue weighted by molar-refractivity contribution is -0.0794. The molecule has 188 valence electrons. The van der Waals surface area contributed by atoms with Gasteiger partial charge in [0.05, 0.1) is 0 Å². The molecule has 9 atom stereocenters. The summed E-state index contributed by atoms with van der Waals surface area (Å²) in [6.45, 7) is 12.5. The average Bonchev–Trinajstić information content (AvgIpc) is 3.10. The highest BCUT2D eigenvalue weighted by Crippen LogP contribution is 2.68. The van der Waals surface area contributed by atoms with Crippen LogP contribution in [0.25, 0.3) is 0 Å². The standard InChI is InChI=1S/C28H48ClN3S/c1-17(2)7-6-8-18(3)21-9-10-22-20-16-25(31-32-26(30)33)24-15-19(29)11-13-28(24,5)23(20)12-14-27(21,22)4/h17-24H,6-16H2,1-5H3,(H3,30,32,33)/b31-25+/t18-,19+,20+,21-,22+,23+,24-,27-,28-/m1/s1. The molecule has 33 heavy (non-hydrogen) atoms. The first-order chi connectivity index (χ1) is 15.6. The Morgan fingerprint density at radius 1 is 1.09 bits per heavy atom. The summed E-state index contributed by atoms with van der Waals surface area (Å²) in [4.78, 5) is 0. The van der Waals surface area contributed by atoms with Crippen molar-refractivity contribution in [3.8, 4) is 0 Å². The van der Waals surface area contributed by atoms with Gasteiger partial charge in [0, 0.05) is 17.0 Å². The van der Waals surface area contributed by atoms with E-state index < -0.39 is 0 Å². The Bertz CT molecular complexity index is 753. The molecule has 4 saturated carbocycles. The van der Waals surface area contributed by atoms with Crippen molar-refractivity contribution >= 4 is 34.6 Å². The topological polar surface area (TPSA) is 50.4 Å². The second-order valence-electron chi connectivity index (χ2n) is 13.1. The predicted octanol–water partition coefficient (Wildman–Crippen LogP) is 7.51. The number of hydrazone groups is 1. The molecule has 0 amide bonds. The van der Waals surface area contributed by atoms with Crippen LogP contribution in [-0.2, 0) is 0 Å². The molecule has 0 aromatic carbocycles. The smallest absolute Gasteiger partial charge is 0.184 e. The number of fused-ring (bicyclic) bond motifs is 5. The minimum atomic E-state index is 0.269. The van der Waals surface area contributed by atoms with Crippen LogP contribution in [0.2, 0.25) is 0 Å². The number of hydrogen-bond donors (Lipinski definition) is 2. The normalized spacial score (nSPS) is 44.8. The first-order valence-electron chi connectivity index (χ1n) is 13.8. The molecule has 0 bridgehead atoms. The quantitative estimate of drug-likeness (QED) is 0.228. The van der Waals surface area contributed by atoms with E-state index in [0.29, 0.717) is 16.7 Å². The van der Waals surface area contributed by atoms with Gasteiger partial charge in [0.2, 0.25) is 0 Å². The Morgan fingerprint density at radius 3 is 2.48 bits per heavy atom. The molecule has 4 fully saturated rings. The number of hydrogen-bond acceptors (Lipinski definition) is 2. The third-order valence-corrected chi connectivity index (χ3v) is 11.4. The summed E-state index contributed by atoms with van der Waals surface area (Å²) in [6, 6.07) is 0. The summed E-state index contributed by atoms with van der Waals surface area (Å²) in [5.74, 6) is 5.41. The summed E-state index contributed by atoms with van der Waals surface area (Å²) in [7, 11) is 0. The van der Waals surface area contributed by atoms with Crippen molar-refractivity contribution in [2.24, 2.45) is 63.1 Å². The molecule has 0 saturated heterocycles. The number of nitrogens with one attached hydrogen (secondary N) is 1. The molecule has 0 spiro atoms. The van der Waals surface area contributed by atoms with Gasteiger partial charge in [-0.3, -0.25) is 5.43 Å². The van der Waals surface area contributed by atoms with Crippen molar-refractivity contribution in [3.05, 3.63) is 0 Å². The Labute approximate surface area is 213 Å². The number of thiocarbonyl (C=S) groups is 1. The van der Waals surface area contributed by atoms with Gasteiger partial charge in [-0.1, -0.05) is 53.9 Å². The number of halogens is 1. The van der Waals surface area contributed by atoms with Crippen molar-refractivity contribution in [2.45, 2.75) is 111 Å². The first-order valence-corrected chi connectivity index (χ1v) is 14.7. The Hall–Kier alpha value is -0.350. The lowest BCUT2D eigenvalue weighted by Crippen LogP contribution is -2.57. The highest BCUT2D eigenvalue weighted by atomic mass is 35.5. The minimum Gasteiger partial charge on any atom is -0.375 e. The van der Waals surface area contributed by atoms with Crippen LogP contribution < -0.4 is 11.2 Å². The number of alkyl halides is 1. The summed E-state index contributed by atoms with van der Waals surface area (Å²) < 4.78 is 0. The van der Waals surface area contributed by atoms with Gasteiger partial charge in [-0.25, -0.2) is 0 Å². The average molecular weight is 494 g/mol. The van der Waals surface area contributed by atoms with Gasteiger partial charge in [0.25, 0.3) is 0 Å². The Morgan fingerprint density at radius 2 is 1.79 bits per heavy atom. The number of nitrogens with zero attached hydrogens (tertiary/aromatic N) is 1. The van der Waals surface area contributed by atoms with Crippen molar-refractivity contribution < 1.29 is 0 Å². The maximum atomic E-state index is 6.70. The molecular weight excluding hydrogens is 446 g/mol. The van der Waals surface area contributed by atoms with Gasteiger partial charge >= 0.3 is 0 Å². The molecule has 4 aliphatic rings. The van der Waals surface area contributed by atoms with Crippen LogP contribution in [0, 0.1) is 52.3 Å². The van der Waals surface area contributed by atoms with Crippen LogP contribution in [-0.4, -0.2) is 16.2 Å². The summed E-state index contributed by atoms with van der Waals surface area (Å²) in [5, 5.41) is 5.37. The molecule has 3 N–H and O–H groups in total.